The molecule has 32 heavy (non-hydrogen) atoms. The summed E-state index contributed by atoms with van der Waals surface area (Å²) < 4.78 is 5.05. The number of carbonyl (C=O) groups excluding carboxylic acids is 5. The quantitative estimate of drug-likeness (QED) is 0.621. The van der Waals surface area contributed by atoms with Crippen molar-refractivity contribution in [1.82, 2.24) is 15.5 Å². The molecule has 4 rings (SSSR count). The van der Waals surface area contributed by atoms with Crippen molar-refractivity contribution in [1.29, 1.82) is 0 Å². The molecule has 0 radical (unpaired) electrons. The number of piperidine rings is 1. The van der Waals surface area contributed by atoms with E-state index in [1.54, 1.807) is 36.4 Å². The van der Waals surface area contributed by atoms with Crippen LogP contribution in [-0.2, 0) is 16.1 Å². The third-order valence-electron chi connectivity index (χ3n) is 5.37. The van der Waals surface area contributed by atoms with Gasteiger partial charge < -0.3 is 15.0 Å². The number of ether oxygens (including phenoxy) is 1. The van der Waals surface area contributed by atoms with Gasteiger partial charge in [-0.3, -0.25) is 29.8 Å². The first-order valence-electron chi connectivity index (χ1n) is 9.90. The number of carbonyl (C=O) groups is 5. The first-order valence-corrected chi connectivity index (χ1v) is 9.90. The lowest BCUT2D eigenvalue weighted by Gasteiger charge is -2.29. The molecule has 0 saturated carbocycles. The third-order valence-corrected chi connectivity index (χ3v) is 5.37. The number of fused-ring (bicyclic) bond motifs is 1. The highest BCUT2D eigenvalue weighted by atomic mass is 16.5. The molecule has 2 aliphatic rings. The minimum atomic E-state index is -0.790. The molecular formula is C22H20N4O6. The summed E-state index contributed by atoms with van der Waals surface area (Å²) in [6.45, 7) is 0.139. The lowest BCUT2D eigenvalue weighted by Crippen LogP contribution is -2.52. The van der Waals surface area contributed by atoms with E-state index >= 15 is 0 Å². The topological polar surface area (TPSA) is 134 Å². The maximum Gasteiger partial charge on any atom is 0.326 e. The third kappa shape index (κ3) is 4.02. The second kappa shape index (κ2) is 8.50. The van der Waals surface area contributed by atoms with Gasteiger partial charge in [-0.15, -0.1) is 0 Å². The maximum absolute atomic E-state index is 13.1. The van der Waals surface area contributed by atoms with Crippen LogP contribution in [0.15, 0.2) is 42.5 Å². The summed E-state index contributed by atoms with van der Waals surface area (Å²) in [7, 11) is 1.52. The molecule has 2 heterocycles. The predicted molar refractivity (Wildman–Crippen MR) is 112 cm³/mol. The van der Waals surface area contributed by atoms with Crippen molar-refractivity contribution in [2.75, 3.05) is 12.4 Å². The fourth-order valence-corrected chi connectivity index (χ4v) is 3.81. The summed E-state index contributed by atoms with van der Waals surface area (Å²) in [5.74, 6) is -1.53. The number of nitrogens with zero attached hydrogens (tertiary/aromatic N) is 1. The van der Waals surface area contributed by atoms with Gasteiger partial charge in [-0.1, -0.05) is 12.1 Å². The molecule has 3 N–H and O–H groups in total. The Labute approximate surface area is 182 Å². The number of urea groups is 1. The number of hydrogen-bond donors (Lipinski definition) is 3. The van der Waals surface area contributed by atoms with Crippen LogP contribution >= 0.6 is 0 Å². The number of hydrogen-bond acceptors (Lipinski definition) is 6. The van der Waals surface area contributed by atoms with E-state index in [9.17, 15) is 24.0 Å². The van der Waals surface area contributed by atoms with Crippen molar-refractivity contribution in [2.45, 2.75) is 25.4 Å². The highest BCUT2D eigenvalue weighted by molar-refractivity contribution is 6.15. The Morgan fingerprint density at radius 1 is 1.09 bits per heavy atom. The van der Waals surface area contributed by atoms with E-state index in [1.165, 1.54) is 18.1 Å². The molecule has 0 aliphatic carbocycles. The van der Waals surface area contributed by atoms with Gasteiger partial charge in [0.05, 0.1) is 18.2 Å². The van der Waals surface area contributed by atoms with E-state index in [1.807, 2.05) is 0 Å². The average molecular weight is 436 g/mol. The molecule has 1 fully saturated rings. The first-order chi connectivity index (χ1) is 15.4. The second-order valence-corrected chi connectivity index (χ2v) is 7.38. The Hall–Kier alpha value is -4.21. The van der Waals surface area contributed by atoms with Gasteiger partial charge in [0.25, 0.3) is 11.8 Å². The molecule has 1 unspecified atom stereocenters. The van der Waals surface area contributed by atoms with Crippen molar-refractivity contribution >= 4 is 35.3 Å². The highest BCUT2D eigenvalue weighted by Crippen LogP contribution is 2.29. The van der Waals surface area contributed by atoms with Gasteiger partial charge in [-0.25, -0.2) is 4.79 Å². The van der Waals surface area contributed by atoms with Crippen molar-refractivity contribution in [3.05, 3.63) is 59.2 Å². The molecule has 10 heteroatoms. The summed E-state index contributed by atoms with van der Waals surface area (Å²) in [5.41, 5.74) is 1.21. The number of rotatable bonds is 4. The Balaban J connectivity index is 1.48. The standard InChI is InChI=1S/C22H20N4O6/c1-32-14-7-5-13(6-8-14)23-22(31)25-19(28)15-4-2-3-12-11-26(21(30)18(12)15)16-9-10-17(27)24-20(16)29/h2-8,16H,9-11H2,1H3,(H,24,27,29)(H2,23,25,28,31). The van der Waals surface area contributed by atoms with Gasteiger partial charge in [0.1, 0.15) is 11.8 Å². The van der Waals surface area contributed by atoms with Crippen LogP contribution in [0.25, 0.3) is 0 Å². The van der Waals surface area contributed by atoms with Crippen LogP contribution in [-0.4, -0.2) is 47.7 Å². The zero-order valence-electron chi connectivity index (χ0n) is 17.1. The molecule has 2 aromatic carbocycles. The minimum Gasteiger partial charge on any atom is -0.497 e. The highest BCUT2D eigenvalue weighted by Gasteiger charge is 2.40. The summed E-state index contributed by atoms with van der Waals surface area (Å²) >= 11 is 0. The van der Waals surface area contributed by atoms with Gasteiger partial charge in [-0.2, -0.15) is 0 Å². The van der Waals surface area contributed by atoms with Crippen LogP contribution in [0.2, 0.25) is 0 Å². The number of nitrogens with one attached hydrogen (secondary N) is 3. The van der Waals surface area contributed by atoms with Gasteiger partial charge in [0, 0.05) is 18.7 Å². The fraction of sp³-hybridized carbons (Fsp3) is 0.227. The Morgan fingerprint density at radius 3 is 2.53 bits per heavy atom. The molecule has 2 aliphatic heterocycles. The zero-order valence-corrected chi connectivity index (χ0v) is 17.1. The van der Waals surface area contributed by atoms with Crippen molar-refractivity contribution < 1.29 is 28.7 Å². The van der Waals surface area contributed by atoms with Gasteiger partial charge in [0.15, 0.2) is 0 Å². The molecule has 6 amide bonds. The normalized spacial score (nSPS) is 17.5. The molecule has 164 valence electrons. The van der Waals surface area contributed by atoms with E-state index in [0.717, 1.165) is 0 Å². The number of anilines is 1. The number of amides is 6. The minimum absolute atomic E-state index is 0.0344. The molecule has 2 aromatic rings. The Morgan fingerprint density at radius 2 is 1.84 bits per heavy atom. The predicted octanol–water partition coefficient (Wildman–Crippen LogP) is 1.42. The van der Waals surface area contributed by atoms with E-state index in [4.69, 9.17) is 4.74 Å². The van der Waals surface area contributed by atoms with E-state index in [2.05, 4.69) is 16.0 Å². The van der Waals surface area contributed by atoms with E-state index < -0.39 is 29.8 Å². The smallest absolute Gasteiger partial charge is 0.326 e. The van der Waals surface area contributed by atoms with Gasteiger partial charge in [-0.05, 0) is 42.3 Å². The summed E-state index contributed by atoms with van der Waals surface area (Å²) in [4.78, 5) is 63.0. The maximum atomic E-state index is 13.1. The van der Waals surface area contributed by atoms with Crippen LogP contribution in [0, 0.1) is 0 Å². The first kappa shape index (κ1) is 21.0. The summed E-state index contributed by atoms with van der Waals surface area (Å²) in [6, 6.07) is 9.74. The lowest BCUT2D eigenvalue weighted by molar-refractivity contribution is -0.136. The summed E-state index contributed by atoms with van der Waals surface area (Å²) in [6.07, 6.45) is 0.353. The van der Waals surface area contributed by atoms with Gasteiger partial charge in [0.2, 0.25) is 11.8 Å². The second-order valence-electron chi connectivity index (χ2n) is 7.38. The monoisotopic (exact) mass is 436 g/mol. The number of imide groups is 2. The molecule has 0 bridgehead atoms. The van der Waals surface area contributed by atoms with E-state index in [0.29, 0.717) is 17.0 Å². The van der Waals surface area contributed by atoms with Crippen molar-refractivity contribution in [3.63, 3.8) is 0 Å². The molecule has 1 atom stereocenters. The molecule has 0 aromatic heterocycles. The molecule has 10 nitrogen and oxygen atoms in total. The van der Waals surface area contributed by atoms with Gasteiger partial charge >= 0.3 is 6.03 Å². The SMILES string of the molecule is COc1ccc(NC(=O)NC(=O)c2cccc3c2C(=O)N(C2CCC(=O)NC2=O)C3)cc1. The fourth-order valence-electron chi connectivity index (χ4n) is 3.81. The van der Waals surface area contributed by atoms with Crippen LogP contribution in [0.3, 0.4) is 0 Å². The van der Waals surface area contributed by atoms with Crippen LogP contribution in [0.1, 0.15) is 39.1 Å². The molecule has 1 saturated heterocycles. The molecular weight excluding hydrogens is 416 g/mol. The Bertz CT molecular complexity index is 1130. The summed E-state index contributed by atoms with van der Waals surface area (Å²) in [5, 5.41) is 6.99. The van der Waals surface area contributed by atoms with E-state index in [-0.39, 0.29) is 36.4 Å². The van der Waals surface area contributed by atoms with Crippen LogP contribution < -0.4 is 20.7 Å². The van der Waals surface area contributed by atoms with Crippen LogP contribution in [0.4, 0.5) is 10.5 Å². The molecule has 0 spiro atoms. The van der Waals surface area contributed by atoms with Crippen molar-refractivity contribution in [2.24, 2.45) is 0 Å². The average Bonchev–Trinajstić information content (AvgIpc) is 3.10. The largest absolute Gasteiger partial charge is 0.497 e. The number of benzene rings is 2. The van der Waals surface area contributed by atoms with Crippen LogP contribution in [0.5, 0.6) is 5.75 Å². The van der Waals surface area contributed by atoms with Crippen molar-refractivity contribution in [3.8, 4) is 5.75 Å². The zero-order chi connectivity index (χ0) is 22.8. The number of methoxy groups -OCH3 is 1. The Kier molecular flexibility index (Phi) is 5.59. The lowest BCUT2D eigenvalue weighted by atomic mass is 10.0.